The van der Waals surface area contributed by atoms with Crippen molar-refractivity contribution in [2.75, 3.05) is 7.11 Å². The van der Waals surface area contributed by atoms with Crippen molar-refractivity contribution in [1.29, 1.82) is 0 Å². The van der Waals surface area contributed by atoms with Gasteiger partial charge >= 0.3 is 0 Å². The maximum absolute atomic E-state index is 5.73. The number of methoxy groups -OCH3 is 1. The van der Waals surface area contributed by atoms with E-state index in [1.807, 2.05) is 12.1 Å². The SMILES string of the molecule is COc1ccc(C(NN)c2sccc2C)c(C)c1. The topological polar surface area (TPSA) is 47.3 Å². The van der Waals surface area contributed by atoms with E-state index >= 15 is 0 Å². The van der Waals surface area contributed by atoms with Gasteiger partial charge in [-0.25, -0.2) is 5.43 Å². The molecule has 96 valence electrons. The smallest absolute Gasteiger partial charge is 0.119 e. The summed E-state index contributed by atoms with van der Waals surface area (Å²) in [5, 5.41) is 2.09. The van der Waals surface area contributed by atoms with Gasteiger partial charge in [-0.1, -0.05) is 6.07 Å². The molecule has 3 N–H and O–H groups in total. The Hall–Kier alpha value is -1.36. The van der Waals surface area contributed by atoms with E-state index in [0.717, 1.165) is 5.75 Å². The molecule has 2 rings (SSSR count). The van der Waals surface area contributed by atoms with Crippen LogP contribution >= 0.6 is 11.3 Å². The predicted octanol–water partition coefficient (Wildman–Crippen LogP) is 2.93. The molecular weight excluding hydrogens is 244 g/mol. The lowest BCUT2D eigenvalue weighted by molar-refractivity contribution is 0.414. The summed E-state index contributed by atoms with van der Waals surface area (Å²) in [5.74, 6) is 6.60. The standard InChI is InChI=1S/C14H18N2OS/c1-9-6-7-18-14(9)13(16-15)12-5-4-11(17-3)8-10(12)2/h4-8,13,16H,15H2,1-3H3. The van der Waals surface area contributed by atoms with Gasteiger partial charge in [0.1, 0.15) is 5.75 Å². The molecule has 18 heavy (non-hydrogen) atoms. The average molecular weight is 262 g/mol. The lowest BCUT2D eigenvalue weighted by atomic mass is 9.98. The number of nitrogens with one attached hydrogen (secondary N) is 1. The molecule has 1 atom stereocenters. The van der Waals surface area contributed by atoms with E-state index < -0.39 is 0 Å². The number of rotatable bonds is 4. The van der Waals surface area contributed by atoms with Gasteiger partial charge in [0.05, 0.1) is 13.2 Å². The molecule has 1 aromatic heterocycles. The lowest BCUT2D eigenvalue weighted by Crippen LogP contribution is -2.29. The fourth-order valence-electron chi connectivity index (χ4n) is 2.09. The molecule has 0 saturated carbocycles. The van der Waals surface area contributed by atoms with Crippen LogP contribution in [-0.4, -0.2) is 7.11 Å². The molecule has 0 aliphatic heterocycles. The number of nitrogens with two attached hydrogens (primary N) is 1. The summed E-state index contributed by atoms with van der Waals surface area (Å²) in [6.07, 6.45) is 0. The number of benzene rings is 1. The van der Waals surface area contributed by atoms with E-state index in [1.165, 1.54) is 21.6 Å². The molecule has 0 amide bonds. The minimum atomic E-state index is 0.0379. The normalized spacial score (nSPS) is 12.4. The van der Waals surface area contributed by atoms with Crippen LogP contribution < -0.4 is 16.0 Å². The van der Waals surface area contributed by atoms with Crippen LogP contribution in [0.4, 0.5) is 0 Å². The summed E-state index contributed by atoms with van der Waals surface area (Å²) in [4.78, 5) is 1.26. The third kappa shape index (κ3) is 2.41. The molecule has 2 aromatic rings. The van der Waals surface area contributed by atoms with Crippen LogP contribution in [0.5, 0.6) is 5.75 Å². The molecule has 4 heteroatoms. The van der Waals surface area contributed by atoms with E-state index in [0.29, 0.717) is 0 Å². The second-order valence-corrected chi connectivity index (χ2v) is 5.24. The van der Waals surface area contributed by atoms with Crippen LogP contribution in [0.25, 0.3) is 0 Å². The van der Waals surface area contributed by atoms with Crippen molar-refractivity contribution in [2.45, 2.75) is 19.9 Å². The summed E-state index contributed by atoms with van der Waals surface area (Å²) >= 11 is 1.72. The van der Waals surface area contributed by atoms with Gasteiger partial charge in [0.15, 0.2) is 0 Å². The largest absolute Gasteiger partial charge is 0.497 e. The second kappa shape index (κ2) is 5.52. The number of ether oxygens (including phenoxy) is 1. The van der Waals surface area contributed by atoms with E-state index in [-0.39, 0.29) is 6.04 Å². The van der Waals surface area contributed by atoms with Gasteiger partial charge in [0, 0.05) is 4.88 Å². The third-order valence-electron chi connectivity index (χ3n) is 3.12. The van der Waals surface area contributed by atoms with E-state index in [2.05, 4.69) is 36.8 Å². The first-order chi connectivity index (χ1) is 8.67. The average Bonchev–Trinajstić information content (AvgIpc) is 2.78. The number of hydrazine groups is 1. The molecule has 0 saturated heterocycles. The Bertz CT molecular complexity index is 536. The van der Waals surface area contributed by atoms with E-state index in [4.69, 9.17) is 10.6 Å². The first kappa shape index (κ1) is 13.1. The Labute approximate surface area is 112 Å². The minimum Gasteiger partial charge on any atom is -0.497 e. The molecule has 0 bridgehead atoms. The first-order valence-electron chi connectivity index (χ1n) is 5.82. The highest BCUT2D eigenvalue weighted by Crippen LogP contribution is 2.31. The summed E-state index contributed by atoms with van der Waals surface area (Å²) in [5.41, 5.74) is 6.53. The maximum Gasteiger partial charge on any atom is 0.119 e. The maximum atomic E-state index is 5.73. The van der Waals surface area contributed by atoms with Gasteiger partial charge in [-0.3, -0.25) is 5.84 Å². The van der Waals surface area contributed by atoms with Gasteiger partial charge in [-0.2, -0.15) is 0 Å². The molecule has 0 fully saturated rings. The van der Waals surface area contributed by atoms with Crippen LogP contribution in [-0.2, 0) is 0 Å². The Morgan fingerprint density at radius 1 is 1.22 bits per heavy atom. The van der Waals surface area contributed by atoms with Crippen molar-refractivity contribution in [3.05, 3.63) is 51.2 Å². The van der Waals surface area contributed by atoms with Crippen molar-refractivity contribution in [3.63, 3.8) is 0 Å². The van der Waals surface area contributed by atoms with E-state index in [9.17, 15) is 0 Å². The molecule has 1 unspecified atom stereocenters. The van der Waals surface area contributed by atoms with Crippen LogP contribution in [0.1, 0.15) is 27.6 Å². The Kier molecular flexibility index (Phi) is 4.01. The van der Waals surface area contributed by atoms with Gasteiger partial charge < -0.3 is 4.74 Å². The van der Waals surface area contributed by atoms with Gasteiger partial charge in [-0.05, 0) is 54.1 Å². The van der Waals surface area contributed by atoms with E-state index in [1.54, 1.807) is 18.4 Å². The second-order valence-electron chi connectivity index (χ2n) is 4.29. The zero-order valence-electron chi connectivity index (χ0n) is 10.9. The molecule has 0 radical (unpaired) electrons. The van der Waals surface area contributed by atoms with Gasteiger partial charge in [-0.15, -0.1) is 11.3 Å². The first-order valence-corrected chi connectivity index (χ1v) is 6.70. The quantitative estimate of drug-likeness (QED) is 0.658. The molecule has 3 nitrogen and oxygen atoms in total. The van der Waals surface area contributed by atoms with Crippen LogP contribution in [0.15, 0.2) is 29.6 Å². The number of hydrogen-bond acceptors (Lipinski definition) is 4. The fourth-order valence-corrected chi connectivity index (χ4v) is 3.09. The van der Waals surface area contributed by atoms with Crippen molar-refractivity contribution >= 4 is 11.3 Å². The third-order valence-corrected chi connectivity index (χ3v) is 4.20. The number of aryl methyl sites for hydroxylation is 2. The van der Waals surface area contributed by atoms with Crippen molar-refractivity contribution in [2.24, 2.45) is 5.84 Å². The lowest BCUT2D eigenvalue weighted by Gasteiger charge is -2.19. The molecule has 0 aliphatic carbocycles. The van der Waals surface area contributed by atoms with Gasteiger partial charge in [0.2, 0.25) is 0 Å². The molecule has 0 spiro atoms. The van der Waals surface area contributed by atoms with Crippen molar-refractivity contribution < 1.29 is 4.74 Å². The summed E-state index contributed by atoms with van der Waals surface area (Å²) in [7, 11) is 1.68. The number of hydrogen-bond donors (Lipinski definition) is 2. The zero-order chi connectivity index (χ0) is 13.1. The summed E-state index contributed by atoms with van der Waals surface area (Å²) in [6, 6.07) is 8.22. The predicted molar refractivity (Wildman–Crippen MR) is 76.0 cm³/mol. The zero-order valence-corrected chi connectivity index (χ0v) is 11.7. The Morgan fingerprint density at radius 3 is 2.50 bits per heavy atom. The highest BCUT2D eigenvalue weighted by molar-refractivity contribution is 7.10. The molecule has 1 aromatic carbocycles. The van der Waals surface area contributed by atoms with Crippen LogP contribution in [0.2, 0.25) is 0 Å². The molecule has 0 aliphatic rings. The fraction of sp³-hybridized carbons (Fsp3) is 0.286. The van der Waals surface area contributed by atoms with Crippen molar-refractivity contribution in [1.82, 2.24) is 5.43 Å². The van der Waals surface area contributed by atoms with Gasteiger partial charge in [0.25, 0.3) is 0 Å². The summed E-state index contributed by atoms with van der Waals surface area (Å²) < 4.78 is 5.23. The monoisotopic (exact) mass is 262 g/mol. The van der Waals surface area contributed by atoms with Crippen molar-refractivity contribution in [3.8, 4) is 5.75 Å². The van der Waals surface area contributed by atoms with Crippen LogP contribution in [0.3, 0.4) is 0 Å². The Balaban J connectivity index is 2.42. The summed E-state index contributed by atoms with van der Waals surface area (Å²) in [6.45, 7) is 4.18. The highest BCUT2D eigenvalue weighted by atomic mass is 32.1. The molecule has 1 heterocycles. The number of thiophene rings is 1. The Morgan fingerprint density at radius 2 is 2.00 bits per heavy atom. The minimum absolute atomic E-state index is 0.0379. The molecular formula is C14H18N2OS. The van der Waals surface area contributed by atoms with Crippen LogP contribution in [0, 0.1) is 13.8 Å². The highest BCUT2D eigenvalue weighted by Gasteiger charge is 2.18.